The van der Waals surface area contributed by atoms with Crippen LogP contribution >= 0.6 is 11.3 Å². The predicted octanol–water partition coefficient (Wildman–Crippen LogP) is 4.56. The first kappa shape index (κ1) is 11.9. The van der Waals surface area contributed by atoms with E-state index in [0.29, 0.717) is 5.36 Å². The van der Waals surface area contributed by atoms with Crippen molar-refractivity contribution in [3.05, 3.63) is 78.2 Å². The van der Waals surface area contributed by atoms with Gasteiger partial charge < -0.3 is 5.41 Å². The van der Waals surface area contributed by atoms with Crippen LogP contribution in [0.1, 0.15) is 0 Å². The van der Waals surface area contributed by atoms with E-state index >= 15 is 0 Å². The Hall–Kier alpha value is -2.19. The predicted molar refractivity (Wildman–Crippen MR) is 81.0 cm³/mol. The van der Waals surface area contributed by atoms with Crippen LogP contribution in [0.2, 0.25) is 0 Å². The van der Waals surface area contributed by atoms with Gasteiger partial charge in [0, 0.05) is 9.75 Å². The largest absolute Gasteiger partial charge is 0.301 e. The highest BCUT2D eigenvalue weighted by molar-refractivity contribution is 7.18. The van der Waals surface area contributed by atoms with Gasteiger partial charge in [0.15, 0.2) is 0 Å². The molecular formula is C17H13NS. The second-order valence-electron chi connectivity index (χ2n) is 4.31. The van der Waals surface area contributed by atoms with Crippen molar-refractivity contribution in [2.75, 3.05) is 0 Å². The maximum absolute atomic E-state index is 7.98. The van der Waals surface area contributed by atoms with E-state index in [-0.39, 0.29) is 0 Å². The van der Waals surface area contributed by atoms with E-state index in [9.17, 15) is 0 Å². The molecule has 3 aromatic rings. The minimum Gasteiger partial charge on any atom is -0.301 e. The van der Waals surface area contributed by atoms with E-state index in [1.807, 2.05) is 48.5 Å². The van der Waals surface area contributed by atoms with Crippen molar-refractivity contribution < 1.29 is 0 Å². The quantitative estimate of drug-likeness (QED) is 0.700. The molecule has 0 spiro atoms. The molecule has 19 heavy (non-hydrogen) atoms. The summed E-state index contributed by atoms with van der Waals surface area (Å²) in [4.78, 5) is 2.26. The van der Waals surface area contributed by atoms with Crippen molar-refractivity contribution in [2.45, 2.75) is 0 Å². The van der Waals surface area contributed by atoms with E-state index in [4.69, 9.17) is 5.41 Å². The van der Waals surface area contributed by atoms with E-state index in [1.165, 1.54) is 11.1 Å². The van der Waals surface area contributed by atoms with E-state index in [1.54, 1.807) is 11.3 Å². The molecule has 2 aromatic carbocycles. The van der Waals surface area contributed by atoms with Crippen LogP contribution in [0.15, 0.2) is 72.8 Å². The molecule has 0 bridgehead atoms. The van der Waals surface area contributed by atoms with Crippen molar-refractivity contribution in [3.63, 3.8) is 0 Å². The van der Waals surface area contributed by atoms with Crippen LogP contribution in [0.5, 0.6) is 0 Å². The molecule has 0 saturated heterocycles. The van der Waals surface area contributed by atoms with Crippen molar-refractivity contribution in [2.24, 2.45) is 0 Å². The molecule has 1 heterocycles. The Kier molecular flexibility index (Phi) is 3.25. The summed E-state index contributed by atoms with van der Waals surface area (Å²) in [5, 5.41) is 8.53. The summed E-state index contributed by atoms with van der Waals surface area (Å²) in [6.07, 6.45) is 0. The fraction of sp³-hybridized carbons (Fsp3) is 0. The van der Waals surface area contributed by atoms with Gasteiger partial charge in [0.25, 0.3) is 0 Å². The Balaban J connectivity index is 2.15. The highest BCUT2D eigenvalue weighted by Crippen LogP contribution is 2.30. The molecule has 0 aliphatic heterocycles. The van der Waals surface area contributed by atoms with Crippen LogP contribution in [-0.2, 0) is 0 Å². The van der Waals surface area contributed by atoms with Crippen molar-refractivity contribution >= 4 is 11.3 Å². The summed E-state index contributed by atoms with van der Waals surface area (Å²) in [5.74, 6) is 0. The van der Waals surface area contributed by atoms with Crippen LogP contribution in [0.25, 0.3) is 20.9 Å². The zero-order valence-electron chi connectivity index (χ0n) is 10.3. The minimum atomic E-state index is 0.552. The number of benzene rings is 2. The third-order valence-electron chi connectivity index (χ3n) is 2.91. The van der Waals surface area contributed by atoms with E-state index in [0.717, 1.165) is 9.75 Å². The summed E-state index contributed by atoms with van der Waals surface area (Å²) in [7, 11) is 0. The van der Waals surface area contributed by atoms with Gasteiger partial charge in [0.05, 0.1) is 5.36 Å². The highest BCUT2D eigenvalue weighted by Gasteiger charge is 2.03. The molecule has 0 fully saturated rings. The van der Waals surface area contributed by atoms with Gasteiger partial charge >= 0.3 is 0 Å². The van der Waals surface area contributed by atoms with Crippen molar-refractivity contribution in [1.82, 2.24) is 0 Å². The maximum atomic E-state index is 7.98. The smallest absolute Gasteiger partial charge is 0.0568 e. The van der Waals surface area contributed by atoms with E-state index < -0.39 is 0 Å². The Morgan fingerprint density at radius 1 is 0.632 bits per heavy atom. The summed E-state index contributed by atoms with van der Waals surface area (Å²) in [5.41, 5.74) is 2.33. The Labute approximate surface area is 116 Å². The monoisotopic (exact) mass is 263 g/mol. The molecule has 3 rings (SSSR count). The molecule has 2 heteroatoms. The highest BCUT2D eigenvalue weighted by atomic mass is 32.1. The summed E-state index contributed by atoms with van der Waals surface area (Å²) < 4.78 is 0. The lowest BCUT2D eigenvalue weighted by Crippen LogP contribution is -1.96. The van der Waals surface area contributed by atoms with Gasteiger partial charge in [-0.3, -0.25) is 0 Å². The molecular weight excluding hydrogens is 250 g/mol. The average molecular weight is 263 g/mol. The summed E-state index contributed by atoms with van der Waals surface area (Å²) in [6, 6.07) is 24.3. The lowest BCUT2D eigenvalue weighted by atomic mass is 10.1. The second-order valence-corrected chi connectivity index (χ2v) is 5.39. The number of hydrogen-bond acceptors (Lipinski definition) is 2. The molecule has 0 unspecified atom stereocenters. The molecule has 1 aromatic heterocycles. The standard InChI is InChI=1S/C17H13NS/c18-15-11-16(13-7-3-1-4-8-13)19-17(12-15)14-9-5-2-6-10-14/h1-12,18H. The van der Waals surface area contributed by atoms with Gasteiger partial charge in [-0.25, -0.2) is 0 Å². The molecule has 0 amide bonds. The van der Waals surface area contributed by atoms with Gasteiger partial charge in [0.2, 0.25) is 0 Å². The van der Waals surface area contributed by atoms with Crippen molar-refractivity contribution in [3.8, 4) is 20.9 Å². The van der Waals surface area contributed by atoms with Crippen LogP contribution in [0.3, 0.4) is 0 Å². The normalized spacial score (nSPS) is 10.3. The van der Waals surface area contributed by atoms with Crippen LogP contribution in [-0.4, -0.2) is 0 Å². The number of hydrogen-bond donors (Lipinski definition) is 1. The Bertz CT molecular complexity index is 669. The van der Waals surface area contributed by atoms with Gasteiger partial charge in [-0.05, 0) is 23.3 Å². The third kappa shape index (κ3) is 2.64. The minimum absolute atomic E-state index is 0.552. The molecule has 0 saturated carbocycles. The molecule has 0 aliphatic rings. The first-order valence-corrected chi connectivity index (χ1v) is 6.95. The summed E-state index contributed by atoms with van der Waals surface area (Å²) >= 11 is 1.72. The molecule has 92 valence electrons. The molecule has 0 aliphatic carbocycles. The maximum Gasteiger partial charge on any atom is 0.0568 e. The Morgan fingerprint density at radius 2 is 1.05 bits per heavy atom. The van der Waals surface area contributed by atoms with Gasteiger partial charge in [-0.15, -0.1) is 11.3 Å². The first-order chi connectivity index (χ1) is 9.33. The van der Waals surface area contributed by atoms with Gasteiger partial charge in [0.1, 0.15) is 0 Å². The van der Waals surface area contributed by atoms with E-state index in [2.05, 4.69) is 24.3 Å². The first-order valence-electron chi connectivity index (χ1n) is 6.13. The fourth-order valence-corrected chi connectivity index (χ4v) is 3.11. The van der Waals surface area contributed by atoms with Crippen LogP contribution in [0.4, 0.5) is 0 Å². The lowest BCUT2D eigenvalue weighted by Gasteiger charge is -2.05. The SMILES string of the molecule is N=c1cc(-c2ccccc2)sc(-c2ccccc2)c1. The Morgan fingerprint density at radius 3 is 1.47 bits per heavy atom. The molecule has 0 radical (unpaired) electrons. The molecule has 1 nitrogen and oxygen atoms in total. The van der Waals surface area contributed by atoms with Crippen LogP contribution in [0, 0.1) is 5.41 Å². The van der Waals surface area contributed by atoms with Crippen molar-refractivity contribution in [1.29, 1.82) is 5.41 Å². The van der Waals surface area contributed by atoms with Gasteiger partial charge in [-0.2, -0.15) is 0 Å². The fourth-order valence-electron chi connectivity index (χ4n) is 1.99. The zero-order chi connectivity index (χ0) is 13.1. The zero-order valence-corrected chi connectivity index (χ0v) is 11.2. The average Bonchev–Trinajstić information content (AvgIpc) is 2.48. The van der Waals surface area contributed by atoms with Gasteiger partial charge in [-0.1, -0.05) is 60.7 Å². The topological polar surface area (TPSA) is 23.9 Å². The van der Waals surface area contributed by atoms with Crippen LogP contribution < -0.4 is 5.36 Å². The third-order valence-corrected chi connectivity index (χ3v) is 4.06. The lowest BCUT2D eigenvalue weighted by molar-refractivity contribution is 1.29. The molecule has 0 atom stereocenters. The molecule has 1 N–H and O–H groups in total. The summed E-state index contributed by atoms with van der Waals surface area (Å²) in [6.45, 7) is 0. The number of nitrogens with one attached hydrogen (secondary N) is 1. The second kappa shape index (κ2) is 5.21. The number of rotatable bonds is 2.